The molecule has 17 heavy (non-hydrogen) atoms. The lowest BCUT2D eigenvalue weighted by molar-refractivity contribution is 0.342. The van der Waals surface area contributed by atoms with Gasteiger partial charge >= 0.3 is 0 Å². The third-order valence-corrected chi connectivity index (χ3v) is 1.55. The Kier molecular flexibility index (Phi) is 15.9. The second kappa shape index (κ2) is 14.8. The summed E-state index contributed by atoms with van der Waals surface area (Å²) in [6, 6.07) is 7.97. The van der Waals surface area contributed by atoms with Crippen LogP contribution in [0.5, 0.6) is 5.75 Å². The van der Waals surface area contributed by atoms with Crippen LogP contribution in [0.4, 0.5) is 5.69 Å². The molecule has 0 fully saturated rings. The van der Waals surface area contributed by atoms with Crippen LogP contribution in [0.3, 0.4) is 0 Å². The standard InChI is InChI=1S/C10H15NO.C3H8.C2H6.H2/c1-3-11-9-7-5-6-8-10(9)12-4-2;1-3-2;1-2;/h5-8,11H,3-4H2,1-2H3;3H2,1-2H3;1-2H3;1H. The molecule has 1 aromatic rings. The van der Waals surface area contributed by atoms with E-state index in [4.69, 9.17) is 4.74 Å². The molecule has 0 unspecified atom stereocenters. The monoisotopic (exact) mass is 241 g/mol. The summed E-state index contributed by atoms with van der Waals surface area (Å²) in [7, 11) is 0. The molecule has 0 aliphatic rings. The van der Waals surface area contributed by atoms with Gasteiger partial charge in [-0.15, -0.1) is 0 Å². The van der Waals surface area contributed by atoms with Gasteiger partial charge in [0.25, 0.3) is 0 Å². The minimum atomic E-state index is 0. The van der Waals surface area contributed by atoms with Gasteiger partial charge in [0, 0.05) is 7.97 Å². The van der Waals surface area contributed by atoms with Crippen molar-refractivity contribution in [2.45, 2.75) is 48.0 Å². The number of para-hydroxylation sites is 2. The highest BCUT2D eigenvalue weighted by Crippen LogP contribution is 2.22. The second-order valence-corrected chi connectivity index (χ2v) is 3.17. The van der Waals surface area contributed by atoms with Gasteiger partial charge in [0.15, 0.2) is 0 Å². The molecule has 0 spiro atoms. The maximum absolute atomic E-state index is 5.43. The van der Waals surface area contributed by atoms with Gasteiger partial charge in [-0.2, -0.15) is 0 Å². The number of anilines is 1. The molecule has 0 saturated carbocycles. The van der Waals surface area contributed by atoms with Crippen molar-refractivity contribution in [1.82, 2.24) is 0 Å². The van der Waals surface area contributed by atoms with E-state index >= 15 is 0 Å². The molecule has 0 saturated heterocycles. The van der Waals surface area contributed by atoms with Gasteiger partial charge in [-0.25, -0.2) is 0 Å². The largest absolute Gasteiger partial charge is 0.492 e. The Labute approximate surface area is 109 Å². The molecule has 0 aliphatic heterocycles. The predicted molar refractivity (Wildman–Crippen MR) is 81.2 cm³/mol. The van der Waals surface area contributed by atoms with E-state index in [0.717, 1.165) is 18.0 Å². The summed E-state index contributed by atoms with van der Waals surface area (Å²) in [5.41, 5.74) is 1.07. The summed E-state index contributed by atoms with van der Waals surface area (Å²) >= 11 is 0. The lowest BCUT2D eigenvalue weighted by atomic mass is 10.3. The van der Waals surface area contributed by atoms with Crippen LogP contribution < -0.4 is 10.1 Å². The van der Waals surface area contributed by atoms with Crippen LogP contribution in [0.25, 0.3) is 0 Å². The minimum absolute atomic E-state index is 0. The topological polar surface area (TPSA) is 21.3 Å². The summed E-state index contributed by atoms with van der Waals surface area (Å²) < 4.78 is 5.43. The zero-order chi connectivity index (χ0) is 13.5. The van der Waals surface area contributed by atoms with Crippen LogP contribution in [0.15, 0.2) is 24.3 Å². The molecule has 0 bridgehead atoms. The fraction of sp³-hybridized carbons (Fsp3) is 0.600. The first kappa shape index (κ1) is 18.2. The first-order valence-electron chi connectivity index (χ1n) is 6.75. The Morgan fingerprint density at radius 3 is 2.06 bits per heavy atom. The highest BCUT2D eigenvalue weighted by molar-refractivity contribution is 5.55. The molecule has 102 valence electrons. The summed E-state index contributed by atoms with van der Waals surface area (Å²) in [5, 5.41) is 3.24. The van der Waals surface area contributed by atoms with Crippen molar-refractivity contribution < 1.29 is 6.16 Å². The van der Waals surface area contributed by atoms with Crippen LogP contribution in [0.1, 0.15) is 49.4 Å². The van der Waals surface area contributed by atoms with Crippen LogP contribution in [0, 0.1) is 0 Å². The normalized spacial score (nSPS) is 8.12. The first-order valence-corrected chi connectivity index (χ1v) is 6.75. The maximum atomic E-state index is 5.43. The molecule has 0 atom stereocenters. The Bertz CT molecular complexity index is 229. The summed E-state index contributed by atoms with van der Waals surface area (Å²) in [4.78, 5) is 0. The predicted octanol–water partition coefficient (Wildman–Crippen LogP) is 5.21. The number of ether oxygens (including phenoxy) is 1. The third kappa shape index (κ3) is 9.73. The van der Waals surface area contributed by atoms with Crippen molar-refractivity contribution in [2.75, 3.05) is 18.5 Å². The molecular weight excluding hydrogens is 210 g/mol. The SMILES string of the molecule is CC.CCC.CCNc1ccccc1OCC.[HH]. The van der Waals surface area contributed by atoms with Gasteiger partial charge in [0.05, 0.1) is 12.3 Å². The maximum Gasteiger partial charge on any atom is 0.142 e. The lowest BCUT2D eigenvalue weighted by Crippen LogP contribution is -2.00. The molecule has 1 rings (SSSR count). The molecule has 0 aromatic heterocycles. The van der Waals surface area contributed by atoms with Crippen molar-refractivity contribution in [3.05, 3.63) is 24.3 Å². The fourth-order valence-electron chi connectivity index (χ4n) is 1.08. The lowest BCUT2D eigenvalue weighted by Gasteiger charge is -2.09. The average molecular weight is 241 g/mol. The Hall–Kier alpha value is -1.18. The van der Waals surface area contributed by atoms with Crippen molar-refractivity contribution in [1.29, 1.82) is 0 Å². The molecule has 1 N–H and O–H groups in total. The van der Waals surface area contributed by atoms with E-state index < -0.39 is 0 Å². The van der Waals surface area contributed by atoms with E-state index in [1.165, 1.54) is 6.42 Å². The number of rotatable bonds is 4. The Balaban J connectivity index is -0.000000329. The summed E-state index contributed by atoms with van der Waals surface area (Å²) in [6.45, 7) is 13.9. The fourth-order valence-corrected chi connectivity index (χ4v) is 1.08. The molecule has 0 amide bonds. The number of benzene rings is 1. The molecule has 2 heteroatoms. The van der Waals surface area contributed by atoms with Crippen molar-refractivity contribution >= 4 is 5.69 Å². The second-order valence-electron chi connectivity index (χ2n) is 3.17. The van der Waals surface area contributed by atoms with Gasteiger partial charge in [0.1, 0.15) is 5.75 Å². The third-order valence-electron chi connectivity index (χ3n) is 1.55. The number of hydrogen-bond acceptors (Lipinski definition) is 2. The highest BCUT2D eigenvalue weighted by Gasteiger charge is 1.98. The smallest absolute Gasteiger partial charge is 0.142 e. The molecular formula is C15H31NO. The van der Waals surface area contributed by atoms with Crippen LogP contribution in [0.2, 0.25) is 0 Å². The molecule has 0 radical (unpaired) electrons. The number of hydrogen-bond donors (Lipinski definition) is 1. The quantitative estimate of drug-likeness (QED) is 0.781. The molecule has 2 nitrogen and oxygen atoms in total. The van der Waals surface area contributed by atoms with Crippen molar-refractivity contribution in [3.8, 4) is 5.75 Å². The summed E-state index contributed by atoms with van der Waals surface area (Å²) in [5.74, 6) is 0.932. The Morgan fingerprint density at radius 1 is 1.06 bits per heavy atom. The summed E-state index contributed by atoms with van der Waals surface area (Å²) in [6.07, 6.45) is 1.25. The van der Waals surface area contributed by atoms with Gasteiger partial charge in [-0.05, 0) is 26.0 Å². The average Bonchev–Trinajstić information content (AvgIpc) is 2.36. The minimum Gasteiger partial charge on any atom is -0.492 e. The van der Waals surface area contributed by atoms with Gasteiger partial charge in [-0.3, -0.25) is 0 Å². The van der Waals surface area contributed by atoms with Gasteiger partial charge < -0.3 is 10.1 Å². The van der Waals surface area contributed by atoms with Crippen molar-refractivity contribution in [3.63, 3.8) is 0 Å². The molecule has 0 aliphatic carbocycles. The van der Waals surface area contributed by atoms with Gasteiger partial charge in [0.2, 0.25) is 0 Å². The first-order chi connectivity index (χ1) is 8.29. The van der Waals surface area contributed by atoms with E-state index in [-0.39, 0.29) is 1.43 Å². The van der Waals surface area contributed by atoms with Crippen LogP contribution in [-0.2, 0) is 0 Å². The molecule has 0 heterocycles. The van der Waals surface area contributed by atoms with Gasteiger partial charge in [-0.1, -0.05) is 46.2 Å². The van der Waals surface area contributed by atoms with E-state index in [1.807, 2.05) is 45.0 Å². The van der Waals surface area contributed by atoms with Crippen LogP contribution >= 0.6 is 0 Å². The highest BCUT2D eigenvalue weighted by atomic mass is 16.5. The van der Waals surface area contributed by atoms with E-state index in [2.05, 4.69) is 26.1 Å². The van der Waals surface area contributed by atoms with E-state index in [9.17, 15) is 0 Å². The zero-order valence-electron chi connectivity index (χ0n) is 12.3. The van der Waals surface area contributed by atoms with E-state index in [0.29, 0.717) is 6.61 Å². The number of nitrogens with one attached hydrogen (secondary N) is 1. The van der Waals surface area contributed by atoms with Crippen molar-refractivity contribution in [2.24, 2.45) is 0 Å². The Morgan fingerprint density at radius 2 is 1.59 bits per heavy atom. The molecule has 1 aromatic carbocycles. The van der Waals surface area contributed by atoms with Crippen LogP contribution in [-0.4, -0.2) is 13.2 Å². The van der Waals surface area contributed by atoms with E-state index in [1.54, 1.807) is 0 Å². The zero-order valence-corrected chi connectivity index (χ0v) is 12.3.